The number of aliphatic hydroxyl groups is 1. The van der Waals surface area contributed by atoms with Crippen molar-refractivity contribution in [1.82, 2.24) is 5.32 Å². The number of anilines is 1. The molecule has 1 atom stereocenters. The van der Waals surface area contributed by atoms with Crippen molar-refractivity contribution in [2.45, 2.75) is 39.3 Å². The maximum atomic E-state index is 13.3. The van der Waals surface area contributed by atoms with E-state index in [1.54, 1.807) is 6.07 Å². The Bertz CT molecular complexity index is 397. The molecule has 0 aromatic heterocycles. The highest BCUT2D eigenvalue weighted by Gasteiger charge is 2.26. The second kappa shape index (κ2) is 6.87. The number of nitrogens with zero attached hydrogens (tertiary/aromatic N) is 1. The molecule has 0 fully saturated rings. The summed E-state index contributed by atoms with van der Waals surface area (Å²) in [6, 6.07) is 6.84. The molecule has 0 spiro atoms. The molecule has 0 saturated carbocycles. The van der Waals surface area contributed by atoms with Gasteiger partial charge in [-0.2, -0.15) is 0 Å². The van der Waals surface area contributed by atoms with Gasteiger partial charge in [-0.15, -0.1) is 0 Å². The average molecular weight is 268 g/mol. The molecule has 1 aromatic carbocycles. The van der Waals surface area contributed by atoms with Gasteiger partial charge in [-0.25, -0.2) is 4.39 Å². The van der Waals surface area contributed by atoms with Gasteiger partial charge in [0.05, 0.1) is 12.1 Å². The topological polar surface area (TPSA) is 35.5 Å². The number of aliphatic hydroxyl groups excluding tert-OH is 1. The molecule has 4 heteroatoms. The highest BCUT2D eigenvalue weighted by atomic mass is 19.1. The maximum absolute atomic E-state index is 13.3. The first-order valence-electron chi connectivity index (χ1n) is 6.79. The lowest BCUT2D eigenvalue weighted by molar-refractivity contribution is 0.169. The second-order valence-electron chi connectivity index (χ2n) is 5.51. The number of benzene rings is 1. The summed E-state index contributed by atoms with van der Waals surface area (Å²) in [6.45, 7) is 9.53. The monoisotopic (exact) mass is 268 g/mol. The van der Waals surface area contributed by atoms with Crippen LogP contribution in [0.15, 0.2) is 24.3 Å². The maximum Gasteiger partial charge on any atom is 0.125 e. The van der Waals surface area contributed by atoms with Gasteiger partial charge < -0.3 is 15.3 Å². The van der Waals surface area contributed by atoms with Crippen LogP contribution in [0.4, 0.5) is 10.1 Å². The van der Waals surface area contributed by atoms with Crippen LogP contribution in [0, 0.1) is 5.82 Å². The third-order valence-corrected chi connectivity index (χ3v) is 3.08. The molecule has 0 amide bonds. The first-order chi connectivity index (χ1) is 8.90. The number of hydrogen-bond acceptors (Lipinski definition) is 3. The fourth-order valence-corrected chi connectivity index (χ4v) is 2.32. The van der Waals surface area contributed by atoms with Gasteiger partial charge in [-0.05, 0) is 32.0 Å². The van der Waals surface area contributed by atoms with Crippen molar-refractivity contribution in [2.24, 2.45) is 0 Å². The van der Waals surface area contributed by atoms with E-state index in [0.29, 0.717) is 6.54 Å². The lowest BCUT2D eigenvalue weighted by Crippen LogP contribution is -2.56. The fraction of sp³-hybridized carbons (Fsp3) is 0.600. The molecule has 0 heterocycles. The SMILES string of the molecule is CCN(CC(C)(CO)NC(C)C)c1cccc(F)c1. The summed E-state index contributed by atoms with van der Waals surface area (Å²) >= 11 is 0. The van der Waals surface area contributed by atoms with E-state index in [9.17, 15) is 9.50 Å². The minimum atomic E-state index is -0.406. The van der Waals surface area contributed by atoms with Gasteiger partial charge in [0.1, 0.15) is 5.82 Å². The average Bonchev–Trinajstić information content (AvgIpc) is 2.35. The van der Waals surface area contributed by atoms with E-state index < -0.39 is 5.54 Å². The smallest absolute Gasteiger partial charge is 0.125 e. The van der Waals surface area contributed by atoms with E-state index in [0.717, 1.165) is 12.2 Å². The van der Waals surface area contributed by atoms with E-state index in [1.807, 2.05) is 33.8 Å². The van der Waals surface area contributed by atoms with Crippen LogP contribution in [0.2, 0.25) is 0 Å². The molecule has 0 aliphatic rings. The second-order valence-corrected chi connectivity index (χ2v) is 5.51. The van der Waals surface area contributed by atoms with E-state index in [4.69, 9.17) is 0 Å². The molecule has 2 N–H and O–H groups in total. The van der Waals surface area contributed by atoms with Crippen LogP contribution < -0.4 is 10.2 Å². The Kier molecular flexibility index (Phi) is 5.76. The van der Waals surface area contributed by atoms with E-state index >= 15 is 0 Å². The first-order valence-corrected chi connectivity index (χ1v) is 6.79. The molecule has 0 aliphatic carbocycles. The van der Waals surface area contributed by atoms with Crippen LogP contribution >= 0.6 is 0 Å². The van der Waals surface area contributed by atoms with Gasteiger partial charge >= 0.3 is 0 Å². The Morgan fingerprint density at radius 1 is 1.42 bits per heavy atom. The van der Waals surface area contributed by atoms with Crippen molar-refractivity contribution in [3.8, 4) is 0 Å². The minimum absolute atomic E-state index is 0.0387. The number of nitrogens with one attached hydrogen (secondary N) is 1. The lowest BCUT2D eigenvalue weighted by atomic mass is 10.0. The summed E-state index contributed by atoms with van der Waals surface area (Å²) in [6.07, 6.45) is 0. The molecular weight excluding hydrogens is 243 g/mol. The Balaban J connectivity index is 2.86. The lowest BCUT2D eigenvalue weighted by Gasteiger charge is -2.37. The quantitative estimate of drug-likeness (QED) is 0.797. The van der Waals surface area contributed by atoms with Gasteiger partial charge in [-0.1, -0.05) is 19.9 Å². The summed E-state index contributed by atoms with van der Waals surface area (Å²) < 4.78 is 13.3. The molecular formula is C15H25FN2O. The Morgan fingerprint density at radius 3 is 2.58 bits per heavy atom. The fourth-order valence-electron chi connectivity index (χ4n) is 2.32. The third-order valence-electron chi connectivity index (χ3n) is 3.08. The first kappa shape index (κ1) is 15.9. The van der Waals surface area contributed by atoms with Crippen molar-refractivity contribution in [3.05, 3.63) is 30.1 Å². The molecule has 3 nitrogen and oxygen atoms in total. The van der Waals surface area contributed by atoms with Crippen molar-refractivity contribution < 1.29 is 9.50 Å². The standard InChI is InChI=1S/C15H25FN2O/c1-5-18(14-8-6-7-13(16)9-14)10-15(4,11-19)17-12(2)3/h6-9,12,17,19H,5,10-11H2,1-4H3. The molecule has 1 rings (SSSR count). The minimum Gasteiger partial charge on any atom is -0.394 e. The number of halogens is 1. The van der Waals surface area contributed by atoms with Crippen molar-refractivity contribution >= 4 is 5.69 Å². The Labute approximate surface area is 115 Å². The summed E-state index contributed by atoms with van der Waals surface area (Å²) in [5.41, 5.74) is 0.434. The molecule has 0 aliphatic heterocycles. The molecule has 0 bridgehead atoms. The number of likely N-dealkylation sites (N-methyl/N-ethyl adjacent to an activating group) is 1. The zero-order chi connectivity index (χ0) is 14.5. The summed E-state index contributed by atoms with van der Waals surface area (Å²) in [5.74, 6) is -0.238. The number of rotatable bonds is 7. The Hall–Kier alpha value is -1.13. The van der Waals surface area contributed by atoms with Crippen LogP contribution in [0.1, 0.15) is 27.7 Å². The van der Waals surface area contributed by atoms with Crippen LogP contribution in [0.25, 0.3) is 0 Å². The molecule has 0 radical (unpaired) electrons. The van der Waals surface area contributed by atoms with Crippen molar-refractivity contribution in [1.29, 1.82) is 0 Å². The zero-order valence-electron chi connectivity index (χ0n) is 12.3. The van der Waals surface area contributed by atoms with Gasteiger partial charge in [0.15, 0.2) is 0 Å². The van der Waals surface area contributed by atoms with E-state index in [1.165, 1.54) is 12.1 Å². The van der Waals surface area contributed by atoms with Gasteiger partial charge in [0, 0.05) is 24.8 Å². The molecule has 1 unspecified atom stereocenters. The molecule has 0 saturated heterocycles. The molecule has 108 valence electrons. The predicted molar refractivity (Wildman–Crippen MR) is 78.0 cm³/mol. The van der Waals surface area contributed by atoms with Crippen molar-refractivity contribution in [3.63, 3.8) is 0 Å². The van der Waals surface area contributed by atoms with Crippen LogP contribution in [0.5, 0.6) is 0 Å². The third kappa shape index (κ3) is 4.80. The van der Waals surface area contributed by atoms with Gasteiger partial charge in [-0.3, -0.25) is 0 Å². The largest absolute Gasteiger partial charge is 0.394 e. The Morgan fingerprint density at radius 2 is 2.11 bits per heavy atom. The normalized spacial score (nSPS) is 14.5. The van der Waals surface area contributed by atoms with Gasteiger partial charge in [0.25, 0.3) is 0 Å². The van der Waals surface area contributed by atoms with Gasteiger partial charge in [0.2, 0.25) is 0 Å². The highest BCUT2D eigenvalue weighted by Crippen LogP contribution is 2.18. The zero-order valence-corrected chi connectivity index (χ0v) is 12.3. The summed E-state index contributed by atoms with van der Waals surface area (Å²) in [7, 11) is 0. The van der Waals surface area contributed by atoms with Crippen LogP contribution in [0.3, 0.4) is 0 Å². The molecule has 19 heavy (non-hydrogen) atoms. The highest BCUT2D eigenvalue weighted by molar-refractivity contribution is 5.46. The van der Waals surface area contributed by atoms with E-state index in [-0.39, 0.29) is 18.5 Å². The van der Waals surface area contributed by atoms with Crippen molar-refractivity contribution in [2.75, 3.05) is 24.6 Å². The van der Waals surface area contributed by atoms with Crippen LogP contribution in [-0.2, 0) is 0 Å². The van der Waals surface area contributed by atoms with Crippen LogP contribution in [-0.4, -0.2) is 36.4 Å². The summed E-state index contributed by atoms with van der Waals surface area (Å²) in [4.78, 5) is 2.06. The number of hydrogen-bond donors (Lipinski definition) is 2. The summed E-state index contributed by atoms with van der Waals surface area (Å²) in [5, 5.41) is 13.0. The predicted octanol–water partition coefficient (Wildman–Crippen LogP) is 2.40. The molecule has 1 aromatic rings. The van der Waals surface area contributed by atoms with E-state index in [2.05, 4.69) is 10.2 Å².